The summed E-state index contributed by atoms with van der Waals surface area (Å²) in [6.45, 7) is 3.81. The van der Waals surface area contributed by atoms with E-state index < -0.39 is 0 Å². The first kappa shape index (κ1) is 11.8. The van der Waals surface area contributed by atoms with Crippen molar-refractivity contribution in [3.63, 3.8) is 0 Å². The Balaban J connectivity index is 1.97. The summed E-state index contributed by atoms with van der Waals surface area (Å²) in [6.07, 6.45) is 0. The minimum Gasteiger partial charge on any atom is -0.375 e. The summed E-state index contributed by atoms with van der Waals surface area (Å²) in [4.78, 5) is 30.5. The first-order valence-electron chi connectivity index (χ1n) is 5.33. The minimum atomic E-state index is -0.110. The highest BCUT2D eigenvalue weighted by Crippen LogP contribution is 2.14. The molecule has 6 nitrogen and oxygen atoms in total. The van der Waals surface area contributed by atoms with Gasteiger partial charge in [0.25, 0.3) is 5.91 Å². The SMILES string of the molecule is CC(=O)N1CCN(C(=O)c2csc(N)n2)CC1. The summed E-state index contributed by atoms with van der Waals surface area (Å²) in [6, 6.07) is 0. The lowest BCUT2D eigenvalue weighted by atomic mass is 10.3. The van der Waals surface area contributed by atoms with E-state index in [1.807, 2.05) is 0 Å². The van der Waals surface area contributed by atoms with Crippen molar-refractivity contribution >= 4 is 28.3 Å². The zero-order valence-electron chi connectivity index (χ0n) is 9.55. The quantitative estimate of drug-likeness (QED) is 0.766. The Labute approximate surface area is 103 Å². The number of anilines is 1. The lowest BCUT2D eigenvalue weighted by molar-refractivity contribution is -0.130. The number of hydrogen-bond donors (Lipinski definition) is 1. The van der Waals surface area contributed by atoms with Gasteiger partial charge in [0.05, 0.1) is 0 Å². The van der Waals surface area contributed by atoms with Gasteiger partial charge in [-0.15, -0.1) is 11.3 Å². The maximum absolute atomic E-state index is 12.0. The van der Waals surface area contributed by atoms with E-state index >= 15 is 0 Å². The largest absolute Gasteiger partial charge is 0.375 e. The molecule has 0 spiro atoms. The summed E-state index contributed by atoms with van der Waals surface area (Å²) in [5.41, 5.74) is 5.88. The molecule has 1 aliphatic heterocycles. The molecule has 1 aliphatic rings. The van der Waals surface area contributed by atoms with Crippen LogP contribution in [0.25, 0.3) is 0 Å². The van der Waals surface area contributed by atoms with Crippen LogP contribution in [-0.2, 0) is 4.79 Å². The van der Waals surface area contributed by atoms with Gasteiger partial charge in [-0.05, 0) is 0 Å². The smallest absolute Gasteiger partial charge is 0.273 e. The molecule has 0 aromatic carbocycles. The highest BCUT2D eigenvalue weighted by molar-refractivity contribution is 7.13. The third-order valence-electron chi connectivity index (χ3n) is 2.75. The van der Waals surface area contributed by atoms with Crippen molar-refractivity contribution in [2.24, 2.45) is 0 Å². The van der Waals surface area contributed by atoms with Crippen LogP contribution in [0.4, 0.5) is 5.13 Å². The van der Waals surface area contributed by atoms with Gasteiger partial charge < -0.3 is 15.5 Å². The van der Waals surface area contributed by atoms with Crippen LogP contribution in [0.5, 0.6) is 0 Å². The van der Waals surface area contributed by atoms with Gasteiger partial charge in [0.1, 0.15) is 5.69 Å². The molecule has 92 valence electrons. The van der Waals surface area contributed by atoms with E-state index in [4.69, 9.17) is 5.73 Å². The van der Waals surface area contributed by atoms with Crippen LogP contribution < -0.4 is 5.73 Å². The van der Waals surface area contributed by atoms with Crippen molar-refractivity contribution < 1.29 is 9.59 Å². The number of thiazole rings is 1. The van der Waals surface area contributed by atoms with Gasteiger partial charge in [-0.3, -0.25) is 9.59 Å². The van der Waals surface area contributed by atoms with E-state index in [0.717, 1.165) is 0 Å². The molecule has 2 heterocycles. The highest BCUT2D eigenvalue weighted by Gasteiger charge is 2.24. The fourth-order valence-electron chi connectivity index (χ4n) is 1.77. The number of carbonyl (C=O) groups excluding carboxylic acids is 2. The molecule has 1 aromatic heterocycles. The van der Waals surface area contributed by atoms with Crippen LogP contribution in [0.3, 0.4) is 0 Å². The average Bonchev–Trinajstić information content (AvgIpc) is 2.75. The number of piperazine rings is 1. The predicted molar refractivity (Wildman–Crippen MR) is 64.7 cm³/mol. The second kappa shape index (κ2) is 4.70. The van der Waals surface area contributed by atoms with E-state index in [-0.39, 0.29) is 11.8 Å². The van der Waals surface area contributed by atoms with E-state index in [1.165, 1.54) is 11.3 Å². The molecule has 1 saturated heterocycles. The van der Waals surface area contributed by atoms with Gasteiger partial charge in [0.15, 0.2) is 5.13 Å². The summed E-state index contributed by atoms with van der Waals surface area (Å²) in [5.74, 6) is -0.0591. The lowest BCUT2D eigenvalue weighted by Crippen LogP contribution is -2.50. The molecule has 7 heteroatoms. The topological polar surface area (TPSA) is 79.5 Å². The summed E-state index contributed by atoms with van der Waals surface area (Å²) < 4.78 is 0. The number of hydrogen-bond acceptors (Lipinski definition) is 5. The molecule has 0 unspecified atom stereocenters. The van der Waals surface area contributed by atoms with Crippen molar-refractivity contribution in [1.29, 1.82) is 0 Å². The predicted octanol–water partition coefficient (Wildman–Crippen LogP) is 0.0296. The van der Waals surface area contributed by atoms with Gasteiger partial charge in [-0.25, -0.2) is 4.98 Å². The van der Waals surface area contributed by atoms with E-state index in [0.29, 0.717) is 37.0 Å². The molecule has 17 heavy (non-hydrogen) atoms. The molecule has 2 rings (SSSR count). The zero-order valence-corrected chi connectivity index (χ0v) is 10.4. The Bertz CT molecular complexity index is 437. The third-order valence-corrected chi connectivity index (χ3v) is 3.43. The Hall–Kier alpha value is -1.63. The summed E-state index contributed by atoms with van der Waals surface area (Å²) in [7, 11) is 0. The first-order chi connectivity index (χ1) is 8.08. The monoisotopic (exact) mass is 254 g/mol. The molecule has 0 bridgehead atoms. The van der Waals surface area contributed by atoms with Gasteiger partial charge in [-0.2, -0.15) is 0 Å². The lowest BCUT2D eigenvalue weighted by Gasteiger charge is -2.33. The van der Waals surface area contributed by atoms with Crippen LogP contribution >= 0.6 is 11.3 Å². The molecule has 0 radical (unpaired) electrons. The number of carbonyl (C=O) groups is 2. The molecular formula is C10H14N4O2S. The fourth-order valence-corrected chi connectivity index (χ4v) is 2.31. The normalized spacial score (nSPS) is 16.1. The van der Waals surface area contributed by atoms with Crippen LogP contribution in [-0.4, -0.2) is 52.8 Å². The van der Waals surface area contributed by atoms with Crippen molar-refractivity contribution in [2.75, 3.05) is 31.9 Å². The number of nitrogens with two attached hydrogens (primary N) is 1. The Morgan fingerprint density at radius 3 is 2.35 bits per heavy atom. The van der Waals surface area contributed by atoms with Crippen LogP contribution in [0.1, 0.15) is 17.4 Å². The molecule has 0 aliphatic carbocycles. The number of nitrogens with zero attached hydrogens (tertiary/aromatic N) is 3. The molecule has 2 N–H and O–H groups in total. The number of nitrogen functional groups attached to an aromatic ring is 1. The van der Waals surface area contributed by atoms with Crippen LogP contribution in [0.2, 0.25) is 0 Å². The van der Waals surface area contributed by atoms with Crippen LogP contribution in [0.15, 0.2) is 5.38 Å². The molecule has 0 saturated carbocycles. The Kier molecular flexibility index (Phi) is 3.28. The van der Waals surface area contributed by atoms with Gasteiger partial charge >= 0.3 is 0 Å². The average molecular weight is 254 g/mol. The van der Waals surface area contributed by atoms with E-state index in [1.54, 1.807) is 22.1 Å². The highest BCUT2D eigenvalue weighted by atomic mass is 32.1. The molecule has 1 fully saturated rings. The van der Waals surface area contributed by atoms with Crippen molar-refractivity contribution in [3.05, 3.63) is 11.1 Å². The molecule has 0 atom stereocenters. The summed E-state index contributed by atoms with van der Waals surface area (Å²) >= 11 is 1.26. The second-order valence-electron chi connectivity index (χ2n) is 3.87. The van der Waals surface area contributed by atoms with E-state index in [9.17, 15) is 9.59 Å². The minimum absolute atomic E-state index is 0.0509. The number of aromatic nitrogens is 1. The van der Waals surface area contributed by atoms with Gasteiger partial charge in [0.2, 0.25) is 5.91 Å². The fraction of sp³-hybridized carbons (Fsp3) is 0.500. The summed E-state index contributed by atoms with van der Waals surface area (Å²) in [5, 5.41) is 2.06. The van der Waals surface area contributed by atoms with Gasteiger partial charge in [-0.1, -0.05) is 0 Å². The van der Waals surface area contributed by atoms with Crippen molar-refractivity contribution in [3.8, 4) is 0 Å². The maximum atomic E-state index is 12.0. The van der Waals surface area contributed by atoms with Crippen LogP contribution in [0, 0.1) is 0 Å². The first-order valence-corrected chi connectivity index (χ1v) is 6.21. The van der Waals surface area contributed by atoms with Crippen molar-refractivity contribution in [2.45, 2.75) is 6.92 Å². The molecule has 1 aromatic rings. The Morgan fingerprint density at radius 2 is 1.88 bits per heavy atom. The standard InChI is InChI=1S/C10H14N4O2S/c1-7(15)13-2-4-14(5-3-13)9(16)8-6-17-10(11)12-8/h6H,2-5H2,1H3,(H2,11,12). The molecular weight excluding hydrogens is 240 g/mol. The number of rotatable bonds is 1. The maximum Gasteiger partial charge on any atom is 0.273 e. The van der Waals surface area contributed by atoms with Crippen molar-refractivity contribution in [1.82, 2.24) is 14.8 Å². The second-order valence-corrected chi connectivity index (χ2v) is 4.76. The zero-order chi connectivity index (χ0) is 12.4. The third kappa shape index (κ3) is 2.55. The number of amides is 2. The van der Waals surface area contributed by atoms with Gasteiger partial charge in [0, 0.05) is 38.5 Å². The Morgan fingerprint density at radius 1 is 1.29 bits per heavy atom. The van der Waals surface area contributed by atoms with E-state index in [2.05, 4.69) is 4.98 Å². The molecule has 2 amide bonds.